The number of piperazine rings is 1. The minimum absolute atomic E-state index is 0.0843. The van der Waals surface area contributed by atoms with E-state index in [9.17, 15) is 9.59 Å². The fourth-order valence-corrected chi connectivity index (χ4v) is 2.53. The molecule has 2 fully saturated rings. The summed E-state index contributed by atoms with van der Waals surface area (Å²) < 4.78 is 5.34. The SMILES string of the molecule is CC(C)(C)OC(=O)N1CC(=O)N[C@@H]2CCC[C@@H]21. The number of fused-ring (bicyclic) bond motifs is 1. The van der Waals surface area contributed by atoms with Gasteiger partial charge in [0.05, 0.1) is 6.04 Å². The Balaban J connectivity index is 2.07. The summed E-state index contributed by atoms with van der Waals surface area (Å²) in [5.74, 6) is -0.0843. The Labute approximate surface area is 101 Å². The molecule has 0 bridgehead atoms. The molecule has 2 rings (SSSR count). The van der Waals surface area contributed by atoms with Crippen molar-refractivity contribution in [2.45, 2.75) is 57.7 Å². The van der Waals surface area contributed by atoms with Crippen LogP contribution in [0.15, 0.2) is 0 Å². The summed E-state index contributed by atoms with van der Waals surface area (Å²) in [5.41, 5.74) is -0.515. The van der Waals surface area contributed by atoms with E-state index in [4.69, 9.17) is 4.74 Å². The first-order valence-electron chi connectivity index (χ1n) is 6.16. The van der Waals surface area contributed by atoms with Crippen LogP contribution < -0.4 is 5.32 Å². The van der Waals surface area contributed by atoms with Gasteiger partial charge in [-0.05, 0) is 40.0 Å². The quantitative estimate of drug-likeness (QED) is 0.693. The summed E-state index contributed by atoms with van der Waals surface area (Å²) in [4.78, 5) is 25.1. The van der Waals surface area contributed by atoms with Crippen molar-refractivity contribution in [3.05, 3.63) is 0 Å². The maximum absolute atomic E-state index is 12.0. The molecule has 5 heteroatoms. The maximum atomic E-state index is 12.0. The number of nitrogens with one attached hydrogen (secondary N) is 1. The highest BCUT2D eigenvalue weighted by Gasteiger charge is 2.41. The Morgan fingerprint density at radius 3 is 2.76 bits per heavy atom. The number of carbonyl (C=O) groups excluding carboxylic acids is 2. The first-order chi connectivity index (χ1) is 7.87. The standard InChI is InChI=1S/C12H20N2O3/c1-12(2,3)17-11(16)14-7-10(15)13-8-5-4-6-9(8)14/h8-9H,4-7H2,1-3H3,(H,13,15)/t8-,9+/m1/s1. The van der Waals surface area contributed by atoms with Gasteiger partial charge in [0.1, 0.15) is 12.1 Å². The number of amides is 2. The summed E-state index contributed by atoms with van der Waals surface area (Å²) in [6, 6.07) is 0.228. The van der Waals surface area contributed by atoms with Gasteiger partial charge in [0.2, 0.25) is 5.91 Å². The Kier molecular flexibility index (Phi) is 3.02. The lowest BCUT2D eigenvalue weighted by Crippen LogP contribution is -2.60. The van der Waals surface area contributed by atoms with Gasteiger partial charge in [0, 0.05) is 6.04 Å². The van der Waals surface area contributed by atoms with E-state index in [2.05, 4.69) is 5.32 Å². The Bertz CT molecular complexity index is 335. The van der Waals surface area contributed by atoms with Crippen LogP contribution >= 0.6 is 0 Å². The van der Waals surface area contributed by atoms with Crippen molar-refractivity contribution in [1.29, 1.82) is 0 Å². The third-order valence-electron chi connectivity index (χ3n) is 3.17. The van der Waals surface area contributed by atoms with E-state index < -0.39 is 5.60 Å². The predicted octanol–water partition coefficient (Wildman–Crippen LogP) is 1.27. The summed E-state index contributed by atoms with van der Waals surface area (Å²) in [5, 5.41) is 2.94. The van der Waals surface area contributed by atoms with Crippen LogP contribution in [-0.2, 0) is 9.53 Å². The van der Waals surface area contributed by atoms with Gasteiger partial charge in [0.15, 0.2) is 0 Å². The number of nitrogens with zero attached hydrogens (tertiary/aromatic N) is 1. The van der Waals surface area contributed by atoms with Crippen LogP contribution in [0.1, 0.15) is 40.0 Å². The van der Waals surface area contributed by atoms with Gasteiger partial charge >= 0.3 is 6.09 Å². The minimum atomic E-state index is -0.515. The highest BCUT2D eigenvalue weighted by molar-refractivity contribution is 5.84. The smallest absolute Gasteiger partial charge is 0.411 e. The molecule has 0 aromatic rings. The van der Waals surface area contributed by atoms with Crippen molar-refractivity contribution in [3.8, 4) is 0 Å². The first kappa shape index (κ1) is 12.2. The number of hydrogen-bond donors (Lipinski definition) is 1. The van der Waals surface area contributed by atoms with E-state index in [1.165, 1.54) is 0 Å². The topological polar surface area (TPSA) is 58.6 Å². The van der Waals surface area contributed by atoms with E-state index in [1.807, 2.05) is 20.8 Å². The molecule has 2 atom stereocenters. The molecule has 0 aromatic heterocycles. The van der Waals surface area contributed by atoms with Crippen molar-refractivity contribution < 1.29 is 14.3 Å². The molecule has 1 aliphatic heterocycles. The van der Waals surface area contributed by atoms with Crippen LogP contribution in [0.5, 0.6) is 0 Å². The van der Waals surface area contributed by atoms with Gasteiger partial charge in [-0.25, -0.2) is 4.79 Å². The van der Waals surface area contributed by atoms with Gasteiger partial charge < -0.3 is 10.1 Å². The minimum Gasteiger partial charge on any atom is -0.444 e. The van der Waals surface area contributed by atoms with Crippen molar-refractivity contribution in [2.75, 3.05) is 6.54 Å². The zero-order valence-electron chi connectivity index (χ0n) is 10.7. The third kappa shape index (κ3) is 2.70. The molecule has 1 heterocycles. The largest absolute Gasteiger partial charge is 0.444 e. The molecule has 2 aliphatic rings. The van der Waals surface area contributed by atoms with E-state index in [0.717, 1.165) is 19.3 Å². The molecule has 2 amide bonds. The molecule has 1 saturated heterocycles. The van der Waals surface area contributed by atoms with E-state index >= 15 is 0 Å². The summed E-state index contributed by atoms with van der Waals surface area (Å²) in [7, 11) is 0. The number of hydrogen-bond acceptors (Lipinski definition) is 3. The second-order valence-corrected chi connectivity index (χ2v) is 5.78. The van der Waals surface area contributed by atoms with Crippen LogP contribution in [0.4, 0.5) is 4.79 Å². The van der Waals surface area contributed by atoms with Crippen molar-refractivity contribution in [3.63, 3.8) is 0 Å². The van der Waals surface area contributed by atoms with Crippen LogP contribution in [0, 0.1) is 0 Å². The van der Waals surface area contributed by atoms with Gasteiger partial charge in [-0.3, -0.25) is 9.69 Å². The molecule has 0 spiro atoms. The average molecular weight is 240 g/mol. The molecule has 17 heavy (non-hydrogen) atoms. The summed E-state index contributed by atoms with van der Waals surface area (Å²) in [6.45, 7) is 5.62. The molecular formula is C12H20N2O3. The lowest BCUT2D eigenvalue weighted by Gasteiger charge is -2.38. The van der Waals surface area contributed by atoms with E-state index in [0.29, 0.717) is 0 Å². The first-order valence-corrected chi connectivity index (χ1v) is 6.16. The second kappa shape index (κ2) is 4.20. The number of carbonyl (C=O) groups is 2. The Morgan fingerprint density at radius 1 is 1.41 bits per heavy atom. The van der Waals surface area contributed by atoms with Crippen molar-refractivity contribution in [2.24, 2.45) is 0 Å². The molecule has 0 unspecified atom stereocenters. The molecule has 1 N–H and O–H groups in total. The monoisotopic (exact) mass is 240 g/mol. The molecule has 1 saturated carbocycles. The second-order valence-electron chi connectivity index (χ2n) is 5.78. The lowest BCUT2D eigenvalue weighted by molar-refractivity contribution is -0.126. The Morgan fingerprint density at radius 2 is 2.12 bits per heavy atom. The molecule has 0 aromatic carbocycles. The highest BCUT2D eigenvalue weighted by atomic mass is 16.6. The molecule has 1 aliphatic carbocycles. The van der Waals surface area contributed by atoms with E-state index in [1.54, 1.807) is 4.90 Å². The van der Waals surface area contributed by atoms with Gasteiger partial charge in [-0.15, -0.1) is 0 Å². The lowest BCUT2D eigenvalue weighted by atomic mass is 10.1. The van der Waals surface area contributed by atoms with E-state index in [-0.39, 0.29) is 30.6 Å². The van der Waals surface area contributed by atoms with Crippen LogP contribution in [0.2, 0.25) is 0 Å². The van der Waals surface area contributed by atoms with Gasteiger partial charge in [-0.1, -0.05) is 0 Å². The third-order valence-corrected chi connectivity index (χ3v) is 3.17. The average Bonchev–Trinajstić information content (AvgIpc) is 2.60. The zero-order valence-corrected chi connectivity index (χ0v) is 10.7. The summed E-state index contributed by atoms with van der Waals surface area (Å²) in [6.07, 6.45) is 2.58. The highest BCUT2D eigenvalue weighted by Crippen LogP contribution is 2.28. The van der Waals surface area contributed by atoms with Crippen LogP contribution in [0.25, 0.3) is 0 Å². The zero-order chi connectivity index (χ0) is 12.6. The molecule has 0 radical (unpaired) electrons. The fourth-order valence-electron chi connectivity index (χ4n) is 2.53. The summed E-state index contributed by atoms with van der Waals surface area (Å²) >= 11 is 0. The van der Waals surface area contributed by atoms with Crippen LogP contribution in [0.3, 0.4) is 0 Å². The van der Waals surface area contributed by atoms with Crippen LogP contribution in [-0.4, -0.2) is 41.1 Å². The molecular weight excluding hydrogens is 220 g/mol. The van der Waals surface area contributed by atoms with Gasteiger partial charge in [0.25, 0.3) is 0 Å². The predicted molar refractivity (Wildman–Crippen MR) is 62.5 cm³/mol. The van der Waals surface area contributed by atoms with Crippen molar-refractivity contribution in [1.82, 2.24) is 10.2 Å². The molecule has 96 valence electrons. The fraction of sp³-hybridized carbons (Fsp3) is 0.833. The van der Waals surface area contributed by atoms with Crippen molar-refractivity contribution >= 4 is 12.0 Å². The molecule has 5 nitrogen and oxygen atoms in total. The number of ether oxygens (including phenoxy) is 1. The van der Waals surface area contributed by atoms with Gasteiger partial charge in [-0.2, -0.15) is 0 Å². The maximum Gasteiger partial charge on any atom is 0.411 e. The number of rotatable bonds is 0. The Hall–Kier alpha value is -1.26. The normalized spacial score (nSPS) is 28.6.